The first-order valence-corrected chi connectivity index (χ1v) is 5.86. The van der Waals surface area contributed by atoms with Gasteiger partial charge in [-0.05, 0) is 20.0 Å². The second kappa shape index (κ2) is 4.25. The van der Waals surface area contributed by atoms with Gasteiger partial charge in [-0.15, -0.1) is 0 Å². The van der Waals surface area contributed by atoms with Gasteiger partial charge in [0.15, 0.2) is 0 Å². The van der Waals surface area contributed by atoms with Crippen molar-refractivity contribution in [1.29, 1.82) is 0 Å². The molecule has 0 aromatic rings. The van der Waals surface area contributed by atoms with E-state index in [1.807, 2.05) is 20.5 Å². The Labute approximate surface area is 81.8 Å². The molecule has 1 aliphatic rings. The Morgan fingerprint density at radius 3 is 2.77 bits per heavy atom. The first-order chi connectivity index (χ1) is 6.05. The summed E-state index contributed by atoms with van der Waals surface area (Å²) in [6, 6.07) is -0.841. The molecule has 1 fully saturated rings. The fourth-order valence-electron chi connectivity index (χ4n) is 1.55. The third-order valence-electron chi connectivity index (χ3n) is 2.56. The largest absolute Gasteiger partial charge is 0.376 e. The number of rotatable bonds is 3. The molecule has 0 amide bonds. The molecule has 2 radical (unpaired) electrons. The molecule has 1 saturated heterocycles. The molecule has 1 rings (SSSR count). The zero-order valence-corrected chi connectivity index (χ0v) is 9.21. The van der Waals surface area contributed by atoms with E-state index in [-0.39, 0.29) is 8.81 Å². The molecule has 0 saturated carbocycles. The molecular formula is C8H15BFO2P. The van der Waals surface area contributed by atoms with Gasteiger partial charge in [0.2, 0.25) is 0 Å². The van der Waals surface area contributed by atoms with Crippen LogP contribution in [0, 0.1) is 0 Å². The molecule has 5 atom stereocenters. The molecule has 0 bridgehead atoms. The second-order valence-corrected chi connectivity index (χ2v) is 4.08. The van der Waals surface area contributed by atoms with E-state index in [1.54, 1.807) is 0 Å². The minimum absolute atomic E-state index is 0.262. The Morgan fingerprint density at radius 1 is 1.69 bits per heavy atom. The molecule has 5 heteroatoms. The fraction of sp³-hybridized carbons (Fsp3) is 1.00. The van der Waals surface area contributed by atoms with Crippen LogP contribution in [0.4, 0.5) is 4.39 Å². The number of alkyl halides is 1. The molecular weight excluding hydrogens is 189 g/mol. The summed E-state index contributed by atoms with van der Waals surface area (Å²) in [5.74, 6) is 0. The van der Waals surface area contributed by atoms with Gasteiger partial charge in [0.1, 0.15) is 20.1 Å². The Hall–Kier alpha value is 0.345. The van der Waals surface area contributed by atoms with Crippen LogP contribution in [0.3, 0.4) is 0 Å². The van der Waals surface area contributed by atoms with Crippen molar-refractivity contribution in [2.24, 2.45) is 0 Å². The molecule has 2 unspecified atom stereocenters. The minimum Gasteiger partial charge on any atom is -0.376 e. The molecule has 0 aliphatic carbocycles. The van der Waals surface area contributed by atoms with Crippen molar-refractivity contribution in [3.63, 3.8) is 0 Å². The highest BCUT2D eigenvalue weighted by molar-refractivity contribution is 7.31. The van der Waals surface area contributed by atoms with Crippen LogP contribution in [0.15, 0.2) is 0 Å². The van der Waals surface area contributed by atoms with E-state index >= 15 is 0 Å². The van der Waals surface area contributed by atoms with Crippen molar-refractivity contribution in [2.75, 3.05) is 6.66 Å². The lowest BCUT2D eigenvalue weighted by atomic mass is 9.90. The van der Waals surface area contributed by atoms with Gasteiger partial charge in [0, 0.05) is 8.81 Å². The summed E-state index contributed by atoms with van der Waals surface area (Å²) < 4.78 is 24.2. The molecule has 13 heavy (non-hydrogen) atoms. The van der Waals surface area contributed by atoms with Crippen LogP contribution in [0.25, 0.3) is 0 Å². The zero-order valence-electron chi connectivity index (χ0n) is 8.21. The van der Waals surface area contributed by atoms with Gasteiger partial charge in [-0.25, -0.2) is 4.39 Å². The van der Waals surface area contributed by atoms with E-state index in [9.17, 15) is 4.39 Å². The Balaban J connectivity index is 2.74. The average Bonchev–Trinajstić information content (AvgIpc) is 2.31. The van der Waals surface area contributed by atoms with E-state index < -0.39 is 23.9 Å². The highest BCUT2D eigenvalue weighted by Crippen LogP contribution is 2.38. The lowest BCUT2D eigenvalue weighted by Crippen LogP contribution is -2.39. The van der Waals surface area contributed by atoms with E-state index in [0.717, 1.165) is 0 Å². The van der Waals surface area contributed by atoms with Crippen LogP contribution in [-0.2, 0) is 9.26 Å². The van der Waals surface area contributed by atoms with Crippen LogP contribution < -0.4 is 0 Å². The van der Waals surface area contributed by atoms with Crippen molar-refractivity contribution in [3.05, 3.63) is 0 Å². The van der Waals surface area contributed by atoms with E-state index in [4.69, 9.17) is 17.1 Å². The lowest BCUT2D eigenvalue weighted by molar-refractivity contribution is -0.0428. The van der Waals surface area contributed by atoms with E-state index in [2.05, 4.69) is 0 Å². The monoisotopic (exact) mass is 204 g/mol. The predicted molar refractivity (Wildman–Crippen MR) is 53.3 cm³/mol. The summed E-state index contributed by atoms with van der Waals surface area (Å²) in [5, 5.41) is 0. The van der Waals surface area contributed by atoms with Crippen LogP contribution in [0.5, 0.6) is 0 Å². The third kappa shape index (κ3) is 2.06. The highest BCUT2D eigenvalue weighted by atomic mass is 31.1. The smallest absolute Gasteiger partial charge is 0.147 e. The number of hydrogen-bond acceptors (Lipinski definition) is 2. The van der Waals surface area contributed by atoms with Crippen LogP contribution >= 0.6 is 8.81 Å². The van der Waals surface area contributed by atoms with Crippen molar-refractivity contribution < 1.29 is 13.7 Å². The lowest BCUT2D eigenvalue weighted by Gasteiger charge is -2.28. The summed E-state index contributed by atoms with van der Waals surface area (Å²) in [7, 11) is 5.74. The maximum atomic E-state index is 13.5. The van der Waals surface area contributed by atoms with E-state index in [0.29, 0.717) is 6.42 Å². The summed E-state index contributed by atoms with van der Waals surface area (Å²) in [6.07, 6.45) is -1.02. The summed E-state index contributed by atoms with van der Waals surface area (Å²) >= 11 is 0. The maximum absolute atomic E-state index is 13.5. The molecule has 0 spiro atoms. The normalized spacial score (nSPS) is 46.3. The van der Waals surface area contributed by atoms with Gasteiger partial charge in [-0.2, -0.15) is 0 Å². The molecule has 1 heterocycles. The number of halogens is 1. The van der Waals surface area contributed by atoms with Gasteiger partial charge in [-0.3, -0.25) is 0 Å². The van der Waals surface area contributed by atoms with Gasteiger partial charge >= 0.3 is 0 Å². The standard InChI is InChI=1S/C8H15BFO2P/c1-4-8(2)6(12-13-3)5(10)7(9)11-8/h5-7,13H,4H2,1-3H3/t5-,6?,7+,8+/m0/s1. The van der Waals surface area contributed by atoms with Gasteiger partial charge in [0.25, 0.3) is 0 Å². The molecule has 74 valence electrons. The van der Waals surface area contributed by atoms with Gasteiger partial charge in [-0.1, -0.05) is 6.92 Å². The van der Waals surface area contributed by atoms with Crippen molar-refractivity contribution in [1.82, 2.24) is 0 Å². The van der Waals surface area contributed by atoms with Crippen molar-refractivity contribution in [3.8, 4) is 0 Å². The van der Waals surface area contributed by atoms with Crippen LogP contribution in [-0.4, -0.2) is 38.4 Å². The third-order valence-corrected chi connectivity index (χ3v) is 3.05. The summed E-state index contributed by atoms with van der Waals surface area (Å²) in [4.78, 5) is 0. The molecule has 0 aromatic carbocycles. The fourth-order valence-corrected chi connectivity index (χ4v) is 2.19. The van der Waals surface area contributed by atoms with Crippen LogP contribution in [0.2, 0.25) is 0 Å². The van der Waals surface area contributed by atoms with Crippen molar-refractivity contribution in [2.45, 2.75) is 44.1 Å². The highest BCUT2D eigenvalue weighted by Gasteiger charge is 2.50. The first kappa shape index (κ1) is 11.4. The second-order valence-electron chi connectivity index (χ2n) is 3.44. The quantitative estimate of drug-likeness (QED) is 0.513. The Morgan fingerprint density at radius 2 is 2.31 bits per heavy atom. The van der Waals surface area contributed by atoms with Crippen LogP contribution in [0.1, 0.15) is 20.3 Å². The predicted octanol–water partition coefficient (Wildman–Crippen LogP) is 1.63. The zero-order chi connectivity index (χ0) is 10.1. The van der Waals surface area contributed by atoms with Gasteiger partial charge in [0.05, 0.1) is 11.6 Å². The van der Waals surface area contributed by atoms with E-state index in [1.165, 1.54) is 0 Å². The summed E-state index contributed by atoms with van der Waals surface area (Å²) in [6.45, 7) is 5.66. The SMILES string of the molecule is [B][C@@H]1O[C@](C)(CC)C(OPC)[C@@H]1F. The summed E-state index contributed by atoms with van der Waals surface area (Å²) in [5.41, 5.74) is -0.568. The van der Waals surface area contributed by atoms with Crippen molar-refractivity contribution >= 4 is 16.7 Å². The number of hydrogen-bond donors (Lipinski definition) is 0. The molecule has 0 aromatic heterocycles. The topological polar surface area (TPSA) is 18.5 Å². The average molecular weight is 204 g/mol. The van der Waals surface area contributed by atoms with Gasteiger partial charge < -0.3 is 9.26 Å². The number of ether oxygens (including phenoxy) is 1. The Kier molecular flexibility index (Phi) is 3.73. The molecule has 1 aliphatic heterocycles. The molecule has 2 nitrogen and oxygen atoms in total. The Bertz CT molecular complexity index is 184. The molecule has 0 N–H and O–H groups in total. The maximum Gasteiger partial charge on any atom is 0.147 e. The first-order valence-electron chi connectivity index (χ1n) is 4.45. The minimum atomic E-state index is -1.21.